The van der Waals surface area contributed by atoms with Gasteiger partial charge in [-0.25, -0.2) is 10.9 Å². The smallest absolute Gasteiger partial charge is 0.241 e. The zero-order valence-electron chi connectivity index (χ0n) is 17.3. The Hall–Kier alpha value is -2.77. The van der Waals surface area contributed by atoms with Crippen molar-refractivity contribution in [1.82, 2.24) is 20.7 Å². The van der Waals surface area contributed by atoms with E-state index in [1.165, 1.54) is 5.56 Å². The van der Waals surface area contributed by atoms with E-state index in [9.17, 15) is 9.59 Å². The molecule has 7 nitrogen and oxygen atoms in total. The molecule has 2 aliphatic rings. The van der Waals surface area contributed by atoms with Crippen molar-refractivity contribution in [2.24, 2.45) is 5.92 Å². The van der Waals surface area contributed by atoms with E-state index in [4.69, 9.17) is 0 Å². The molecule has 7 heteroatoms. The van der Waals surface area contributed by atoms with E-state index in [1.54, 1.807) is 6.20 Å². The Kier molecular flexibility index (Phi) is 6.40. The monoisotopic (exact) mass is 407 g/mol. The van der Waals surface area contributed by atoms with Gasteiger partial charge in [0.15, 0.2) is 0 Å². The van der Waals surface area contributed by atoms with Gasteiger partial charge in [-0.1, -0.05) is 25.1 Å². The summed E-state index contributed by atoms with van der Waals surface area (Å²) >= 11 is 0. The molecule has 0 saturated carbocycles. The highest BCUT2D eigenvalue weighted by molar-refractivity contribution is 5.93. The quantitative estimate of drug-likeness (QED) is 0.709. The highest BCUT2D eigenvalue weighted by Crippen LogP contribution is 2.25. The van der Waals surface area contributed by atoms with E-state index in [0.29, 0.717) is 32.4 Å². The van der Waals surface area contributed by atoms with Crippen molar-refractivity contribution in [2.75, 3.05) is 18.4 Å². The van der Waals surface area contributed by atoms with Crippen LogP contribution in [-0.2, 0) is 16.0 Å². The molecule has 2 aromatic rings. The number of hydrogen-bond donors (Lipinski definition) is 3. The number of hydrogen-bond acceptors (Lipinski definition) is 5. The van der Waals surface area contributed by atoms with E-state index < -0.39 is 0 Å². The number of rotatable bonds is 5. The number of pyridine rings is 1. The summed E-state index contributed by atoms with van der Waals surface area (Å²) in [6, 6.07) is 11.7. The molecule has 3 heterocycles. The number of anilines is 1. The molecule has 0 bridgehead atoms. The van der Waals surface area contributed by atoms with Crippen LogP contribution >= 0.6 is 0 Å². The maximum Gasteiger partial charge on any atom is 0.241 e. The summed E-state index contributed by atoms with van der Waals surface area (Å²) in [7, 11) is 0. The molecule has 158 valence electrons. The molecule has 1 aromatic carbocycles. The Bertz CT molecular complexity index is 880. The van der Waals surface area contributed by atoms with Crippen molar-refractivity contribution < 1.29 is 9.59 Å². The van der Waals surface area contributed by atoms with Crippen LogP contribution in [0.1, 0.15) is 43.4 Å². The minimum atomic E-state index is -0.252. The third-order valence-electron chi connectivity index (χ3n) is 6.07. The van der Waals surface area contributed by atoms with E-state index in [2.05, 4.69) is 34.1 Å². The number of nitrogens with zero attached hydrogens (tertiary/aromatic N) is 2. The van der Waals surface area contributed by atoms with Crippen LogP contribution in [0, 0.1) is 5.92 Å². The second-order valence-corrected chi connectivity index (χ2v) is 8.06. The van der Waals surface area contributed by atoms with Gasteiger partial charge in [-0.3, -0.25) is 14.6 Å². The van der Waals surface area contributed by atoms with E-state index >= 15 is 0 Å². The van der Waals surface area contributed by atoms with Gasteiger partial charge in [0.2, 0.25) is 11.8 Å². The number of piperidine rings is 1. The minimum Gasteiger partial charge on any atom is -0.341 e. The lowest BCUT2D eigenvalue weighted by Crippen LogP contribution is -2.49. The topological polar surface area (TPSA) is 86.4 Å². The van der Waals surface area contributed by atoms with Crippen LogP contribution in [0.3, 0.4) is 0 Å². The summed E-state index contributed by atoms with van der Waals surface area (Å²) in [4.78, 5) is 31.6. The van der Waals surface area contributed by atoms with Gasteiger partial charge < -0.3 is 10.2 Å². The summed E-state index contributed by atoms with van der Waals surface area (Å²) in [6.07, 6.45) is 6.59. The summed E-state index contributed by atoms with van der Waals surface area (Å²) in [5.41, 5.74) is 9.46. The molecule has 2 aliphatic heterocycles. The normalized spacial score (nSPS) is 22.1. The highest BCUT2D eigenvalue weighted by atomic mass is 16.2. The van der Waals surface area contributed by atoms with Gasteiger partial charge in [-0.05, 0) is 55.0 Å². The Morgan fingerprint density at radius 1 is 1.17 bits per heavy atom. The predicted octanol–water partition coefficient (Wildman–Crippen LogP) is 2.43. The maximum absolute atomic E-state index is 12.9. The predicted molar refractivity (Wildman–Crippen MR) is 115 cm³/mol. The summed E-state index contributed by atoms with van der Waals surface area (Å²) in [5, 5.41) is 3.04. The average Bonchev–Trinajstić information content (AvgIpc) is 3.30. The summed E-state index contributed by atoms with van der Waals surface area (Å²) < 4.78 is 0. The summed E-state index contributed by atoms with van der Waals surface area (Å²) in [6.45, 7) is 3.32. The third-order valence-corrected chi connectivity index (χ3v) is 6.07. The first-order valence-electron chi connectivity index (χ1n) is 10.7. The average molecular weight is 408 g/mol. The molecule has 0 radical (unpaired) electrons. The lowest BCUT2D eigenvalue weighted by molar-refractivity contribution is -0.136. The van der Waals surface area contributed by atoms with Crippen molar-refractivity contribution in [3.05, 3.63) is 59.9 Å². The van der Waals surface area contributed by atoms with Crippen LogP contribution in [0.5, 0.6) is 0 Å². The van der Waals surface area contributed by atoms with Gasteiger partial charge >= 0.3 is 0 Å². The fourth-order valence-electron chi connectivity index (χ4n) is 4.21. The van der Waals surface area contributed by atoms with Gasteiger partial charge in [0, 0.05) is 43.1 Å². The number of aryl methyl sites for hydroxylation is 1. The number of hydrazine groups is 1. The van der Waals surface area contributed by atoms with Gasteiger partial charge in [0.05, 0.1) is 0 Å². The molecule has 30 heavy (non-hydrogen) atoms. The zero-order valence-corrected chi connectivity index (χ0v) is 17.3. The van der Waals surface area contributed by atoms with Crippen LogP contribution in [0.15, 0.2) is 48.8 Å². The number of likely N-dealkylation sites (tertiary alicyclic amines) is 1. The maximum atomic E-state index is 12.9. The van der Waals surface area contributed by atoms with E-state index in [1.807, 2.05) is 41.4 Å². The summed E-state index contributed by atoms with van der Waals surface area (Å²) in [5.74, 6) is 0.0909. The molecular weight excluding hydrogens is 378 g/mol. The first-order valence-corrected chi connectivity index (χ1v) is 10.7. The Morgan fingerprint density at radius 2 is 2.00 bits per heavy atom. The first kappa shape index (κ1) is 20.5. The number of carbonyl (C=O) groups is 2. The van der Waals surface area contributed by atoms with E-state index in [-0.39, 0.29) is 29.8 Å². The molecule has 2 saturated heterocycles. The lowest BCUT2D eigenvalue weighted by Gasteiger charge is -2.32. The third kappa shape index (κ3) is 4.68. The Balaban J connectivity index is 1.27. The van der Waals surface area contributed by atoms with Crippen LogP contribution in [0.25, 0.3) is 0 Å². The molecule has 2 fully saturated rings. The second kappa shape index (κ2) is 9.36. The first-order chi connectivity index (χ1) is 14.6. The number of benzene rings is 1. The van der Waals surface area contributed by atoms with Crippen LogP contribution in [0.4, 0.5) is 5.69 Å². The molecule has 0 aliphatic carbocycles. The molecule has 1 aromatic heterocycles. The molecule has 4 rings (SSSR count). The molecule has 0 spiro atoms. The minimum absolute atomic E-state index is 0.0488. The number of amides is 2. The van der Waals surface area contributed by atoms with Crippen molar-refractivity contribution >= 4 is 17.5 Å². The van der Waals surface area contributed by atoms with Crippen LogP contribution < -0.4 is 16.2 Å². The van der Waals surface area contributed by atoms with Crippen LogP contribution in [-0.4, -0.2) is 40.8 Å². The molecule has 2 atom stereocenters. The van der Waals surface area contributed by atoms with Crippen molar-refractivity contribution in [3.8, 4) is 0 Å². The molecule has 2 unspecified atom stereocenters. The van der Waals surface area contributed by atoms with Crippen molar-refractivity contribution in [3.63, 3.8) is 0 Å². The number of nitrogens with one attached hydrogen (secondary N) is 3. The van der Waals surface area contributed by atoms with Gasteiger partial charge in [0.1, 0.15) is 6.04 Å². The number of carbonyl (C=O) groups excluding carboxylic acids is 2. The Labute approximate surface area is 177 Å². The standard InChI is InChI=1S/C23H29N5O2/c1-2-16-5-3-7-19(13-16)25-22(29)17-8-11-28(12-9-17)23(30)21-14-20(26-27-21)18-6-4-10-24-15-18/h3-7,10,13,15,17,20-21,26-27H,2,8-9,11-12,14H2,1H3,(H,25,29). The molecular formula is C23H29N5O2. The molecule has 3 N–H and O–H groups in total. The highest BCUT2D eigenvalue weighted by Gasteiger charge is 2.35. The largest absolute Gasteiger partial charge is 0.341 e. The number of aromatic nitrogens is 1. The lowest BCUT2D eigenvalue weighted by atomic mass is 9.94. The molecule has 2 amide bonds. The fourth-order valence-corrected chi connectivity index (χ4v) is 4.21. The fraction of sp³-hybridized carbons (Fsp3) is 0.435. The Morgan fingerprint density at radius 3 is 2.73 bits per heavy atom. The van der Waals surface area contributed by atoms with E-state index in [0.717, 1.165) is 17.7 Å². The van der Waals surface area contributed by atoms with Gasteiger partial charge in [0.25, 0.3) is 0 Å². The van der Waals surface area contributed by atoms with Crippen LogP contribution in [0.2, 0.25) is 0 Å². The van der Waals surface area contributed by atoms with Crippen molar-refractivity contribution in [1.29, 1.82) is 0 Å². The van der Waals surface area contributed by atoms with Gasteiger partial charge in [-0.15, -0.1) is 0 Å². The zero-order chi connectivity index (χ0) is 20.9. The SMILES string of the molecule is CCc1cccc(NC(=O)C2CCN(C(=O)C3CC(c4cccnc4)NN3)CC2)c1. The van der Waals surface area contributed by atoms with Crippen molar-refractivity contribution in [2.45, 2.75) is 44.7 Å². The van der Waals surface area contributed by atoms with Gasteiger partial charge in [-0.2, -0.15) is 0 Å². The second-order valence-electron chi connectivity index (χ2n) is 8.06.